The van der Waals surface area contributed by atoms with Crippen LogP contribution < -0.4 is 46.4 Å². The summed E-state index contributed by atoms with van der Waals surface area (Å²) in [4.78, 5) is 84.0. The molecule has 0 radical (unpaired) electrons. The Morgan fingerprint density at radius 2 is 0.699 bits per heavy atom. The molecule has 3 amide bonds. The van der Waals surface area contributed by atoms with E-state index in [4.69, 9.17) is 28.4 Å². The predicted octanol–water partition coefficient (Wildman–Crippen LogP) is 3.74. The molecular weight excluding hydrogens is 939 g/mol. The number of methoxy groups -OCH3 is 3. The fourth-order valence-corrected chi connectivity index (χ4v) is 7.67. The first-order chi connectivity index (χ1) is 35.6. The van der Waals surface area contributed by atoms with Gasteiger partial charge in [-0.3, -0.25) is 33.7 Å². The third-order valence-electron chi connectivity index (χ3n) is 11.5. The molecule has 19 heteroatoms. The van der Waals surface area contributed by atoms with Crippen LogP contribution in [0.15, 0.2) is 142 Å². The average Bonchev–Trinajstić information content (AvgIpc) is 3.41. The Balaban J connectivity index is 1.22. The minimum absolute atomic E-state index is 0.0203. The van der Waals surface area contributed by atoms with Gasteiger partial charge in [-0.05, 0) is 16.7 Å². The minimum atomic E-state index is -0.569. The highest BCUT2D eigenvalue weighted by Crippen LogP contribution is 2.19. The number of benzene rings is 3. The second kappa shape index (κ2) is 28.9. The van der Waals surface area contributed by atoms with Gasteiger partial charge in [0.2, 0.25) is 16.3 Å². The molecule has 73 heavy (non-hydrogen) atoms. The molecule has 0 saturated carbocycles. The van der Waals surface area contributed by atoms with Crippen LogP contribution in [0.4, 0.5) is 0 Å². The molecule has 0 aliphatic carbocycles. The summed E-state index contributed by atoms with van der Waals surface area (Å²) in [6.07, 6.45) is 4.55. The Bertz CT molecular complexity index is 2580. The maximum absolute atomic E-state index is 14.1. The summed E-state index contributed by atoms with van der Waals surface area (Å²) in [6.45, 7) is 2.48. The lowest BCUT2D eigenvalue weighted by Gasteiger charge is -2.24. The molecule has 0 fully saturated rings. The van der Waals surface area contributed by atoms with Crippen LogP contribution in [-0.4, -0.2) is 117 Å². The minimum Gasteiger partial charge on any atom is -0.483 e. The second-order valence-electron chi connectivity index (χ2n) is 16.6. The molecule has 0 bridgehead atoms. The molecule has 3 aromatic heterocycles. The Morgan fingerprint density at radius 3 is 0.959 bits per heavy atom. The van der Waals surface area contributed by atoms with Gasteiger partial charge in [0, 0.05) is 117 Å². The molecule has 19 nitrogen and oxygen atoms in total. The van der Waals surface area contributed by atoms with Crippen LogP contribution in [0, 0.1) is 0 Å². The van der Waals surface area contributed by atoms with E-state index < -0.39 is 34.0 Å². The summed E-state index contributed by atoms with van der Waals surface area (Å²) in [7, 11) is 4.60. The van der Waals surface area contributed by atoms with Crippen molar-refractivity contribution >= 4 is 17.7 Å². The maximum Gasteiger partial charge on any atom is 0.271 e. The molecule has 386 valence electrons. The zero-order valence-corrected chi connectivity index (χ0v) is 41.4. The number of aromatic nitrogens is 3. The van der Waals surface area contributed by atoms with Gasteiger partial charge in [-0.15, -0.1) is 0 Å². The fraction of sp³-hybridized carbons (Fsp3) is 0.333. The highest BCUT2D eigenvalue weighted by molar-refractivity contribution is 5.96. The van der Waals surface area contributed by atoms with Crippen molar-refractivity contribution in [2.75, 3.05) is 80.4 Å². The summed E-state index contributed by atoms with van der Waals surface area (Å²) >= 11 is 0. The second-order valence-corrected chi connectivity index (χ2v) is 16.6. The van der Waals surface area contributed by atoms with Crippen LogP contribution in [0.1, 0.15) is 48.2 Å². The summed E-state index contributed by atoms with van der Waals surface area (Å²) in [6, 6.07) is 31.8. The van der Waals surface area contributed by atoms with Gasteiger partial charge in [0.1, 0.15) is 19.8 Å². The molecule has 0 aliphatic heterocycles. The predicted molar refractivity (Wildman–Crippen MR) is 273 cm³/mol. The van der Waals surface area contributed by atoms with Gasteiger partial charge >= 0.3 is 0 Å². The summed E-state index contributed by atoms with van der Waals surface area (Å²) in [5, 5.41) is 8.79. The van der Waals surface area contributed by atoms with Gasteiger partial charge < -0.3 is 58.1 Å². The van der Waals surface area contributed by atoms with Crippen molar-refractivity contribution in [3.63, 3.8) is 0 Å². The van der Waals surface area contributed by atoms with Crippen LogP contribution in [0.5, 0.6) is 17.2 Å². The molecule has 3 aromatic carbocycles. The van der Waals surface area contributed by atoms with Crippen molar-refractivity contribution in [3.8, 4) is 17.2 Å². The van der Waals surface area contributed by atoms with Crippen LogP contribution in [-0.2, 0) is 53.7 Å². The van der Waals surface area contributed by atoms with E-state index in [1.165, 1.54) is 58.1 Å². The normalized spacial score (nSPS) is 11.0. The number of rotatable bonds is 30. The SMILES string of the molecule is COCCn1ccc(=O)c(OCc2ccccc2)c1C(=O)NCCN(CCNC(=O)c1c(OCc2ccccc2)c(=O)ccn1CCOC)CCNC(=O)c1c(OCc2ccccc2)c(=O)ccn1CCOC. The van der Waals surface area contributed by atoms with E-state index in [0.29, 0.717) is 0 Å². The number of nitrogens with zero attached hydrogens (tertiary/aromatic N) is 4. The van der Waals surface area contributed by atoms with Crippen molar-refractivity contribution < 1.29 is 42.8 Å². The Hall–Kier alpha value is -7.84. The fourth-order valence-electron chi connectivity index (χ4n) is 7.67. The van der Waals surface area contributed by atoms with Gasteiger partial charge in [-0.2, -0.15) is 0 Å². The third-order valence-corrected chi connectivity index (χ3v) is 11.5. The molecule has 3 heterocycles. The standard InChI is InChI=1S/C54H63N7O12/c1-68-34-31-59-25-19-43(62)49(71-37-40-13-7-4-8-14-40)46(59)52(65)55-22-28-58(29-23-56-53(66)47-50(72-38-41-15-9-5-10-16-41)44(63)20-26-60(47)32-35-69-2)30-24-57-54(67)48-51(73-39-42-17-11-6-12-18-42)45(64)21-27-61(48)33-36-70-3/h4-21,25-27H,22-24,28-39H2,1-3H3,(H,55,65)(H,56,66)(H,57,67). The molecule has 3 N–H and O–H groups in total. The van der Waals surface area contributed by atoms with Gasteiger partial charge in [0.05, 0.1) is 19.8 Å². The van der Waals surface area contributed by atoms with E-state index >= 15 is 0 Å². The van der Waals surface area contributed by atoms with Gasteiger partial charge in [0.15, 0.2) is 34.3 Å². The third kappa shape index (κ3) is 16.1. The lowest BCUT2D eigenvalue weighted by atomic mass is 10.2. The van der Waals surface area contributed by atoms with Crippen molar-refractivity contribution in [2.45, 2.75) is 39.5 Å². The van der Waals surface area contributed by atoms with Crippen LogP contribution >= 0.6 is 0 Å². The number of amides is 3. The number of nitrogens with one attached hydrogen (secondary N) is 3. The smallest absolute Gasteiger partial charge is 0.271 e. The van der Waals surface area contributed by atoms with Crippen LogP contribution in [0.3, 0.4) is 0 Å². The first-order valence-corrected chi connectivity index (χ1v) is 23.9. The highest BCUT2D eigenvalue weighted by atomic mass is 16.5. The summed E-state index contributed by atoms with van der Waals surface area (Å²) < 4.78 is 38.7. The summed E-state index contributed by atoms with van der Waals surface area (Å²) in [5.41, 5.74) is 1.06. The summed E-state index contributed by atoms with van der Waals surface area (Å²) in [5.74, 6) is -2.05. The first kappa shape index (κ1) is 54.5. The zero-order valence-electron chi connectivity index (χ0n) is 41.4. The quantitative estimate of drug-likeness (QED) is 0.0588. The molecule has 0 unspecified atom stereocenters. The van der Waals surface area contributed by atoms with E-state index in [9.17, 15) is 28.8 Å². The van der Waals surface area contributed by atoms with Crippen molar-refractivity contribution in [1.29, 1.82) is 0 Å². The number of hydrogen-bond acceptors (Lipinski definition) is 13. The number of carbonyl (C=O) groups is 3. The number of carbonyl (C=O) groups excluding carboxylic acids is 3. The van der Waals surface area contributed by atoms with Crippen molar-refractivity contribution in [3.05, 3.63) is 192 Å². The van der Waals surface area contributed by atoms with E-state index in [1.807, 2.05) is 95.9 Å². The van der Waals surface area contributed by atoms with E-state index in [1.54, 1.807) is 13.7 Å². The maximum atomic E-state index is 14.1. The van der Waals surface area contributed by atoms with E-state index in [-0.39, 0.29) is 133 Å². The zero-order chi connectivity index (χ0) is 51.8. The Labute approximate surface area is 423 Å². The molecular formula is C54H63N7O12. The van der Waals surface area contributed by atoms with Crippen molar-refractivity contribution in [2.24, 2.45) is 0 Å². The monoisotopic (exact) mass is 1000 g/mol. The number of ether oxygens (including phenoxy) is 6. The van der Waals surface area contributed by atoms with Crippen LogP contribution in [0.2, 0.25) is 0 Å². The average molecular weight is 1000 g/mol. The topological polar surface area (TPSA) is 212 Å². The molecule has 0 saturated heterocycles. The van der Waals surface area contributed by atoms with Crippen LogP contribution in [0.25, 0.3) is 0 Å². The molecule has 6 aromatic rings. The Morgan fingerprint density at radius 1 is 0.425 bits per heavy atom. The molecule has 0 spiro atoms. The van der Waals surface area contributed by atoms with E-state index in [2.05, 4.69) is 16.0 Å². The highest BCUT2D eigenvalue weighted by Gasteiger charge is 2.24. The molecule has 0 atom stereocenters. The molecule has 0 aliphatic rings. The van der Waals surface area contributed by atoms with Gasteiger partial charge in [-0.1, -0.05) is 91.0 Å². The lowest BCUT2D eigenvalue weighted by molar-refractivity contribution is 0.0928. The van der Waals surface area contributed by atoms with Gasteiger partial charge in [-0.25, -0.2) is 0 Å². The van der Waals surface area contributed by atoms with E-state index in [0.717, 1.165) is 16.7 Å². The first-order valence-electron chi connectivity index (χ1n) is 23.9. The van der Waals surface area contributed by atoms with Crippen molar-refractivity contribution in [1.82, 2.24) is 34.6 Å². The molecule has 6 rings (SSSR count). The number of pyridine rings is 3. The largest absolute Gasteiger partial charge is 0.483 e. The number of hydrogen-bond donors (Lipinski definition) is 3. The Kier molecular flexibility index (Phi) is 21.5. The lowest BCUT2D eigenvalue weighted by Crippen LogP contribution is -2.44. The van der Waals surface area contributed by atoms with Gasteiger partial charge in [0.25, 0.3) is 17.7 Å².